The molecule has 20 heavy (non-hydrogen) atoms. The Kier molecular flexibility index (Phi) is 4.37. The second kappa shape index (κ2) is 5.72. The van der Waals surface area contributed by atoms with Crippen LogP contribution in [-0.2, 0) is 11.3 Å². The van der Waals surface area contributed by atoms with Crippen LogP contribution < -0.4 is 0 Å². The average Bonchev–Trinajstić information content (AvgIpc) is 2.31. The summed E-state index contributed by atoms with van der Waals surface area (Å²) in [5, 5.41) is 10.7. The summed E-state index contributed by atoms with van der Waals surface area (Å²) in [6, 6.07) is 3.22. The number of carbonyl (C=O) groups excluding carboxylic acids is 1. The number of carbonyl (C=O) groups is 1. The molecule has 0 spiro atoms. The fraction of sp³-hybridized carbons (Fsp3) is 0.533. The van der Waals surface area contributed by atoms with E-state index in [-0.39, 0.29) is 22.7 Å². The predicted octanol–water partition coefficient (Wildman–Crippen LogP) is 2.86. The third kappa shape index (κ3) is 3.51. The van der Waals surface area contributed by atoms with E-state index < -0.39 is 0 Å². The van der Waals surface area contributed by atoms with Crippen molar-refractivity contribution in [3.8, 4) is 5.75 Å². The van der Waals surface area contributed by atoms with Crippen LogP contribution in [0.1, 0.15) is 36.7 Å². The molecule has 0 amide bonds. The van der Waals surface area contributed by atoms with Crippen LogP contribution in [0.3, 0.4) is 0 Å². The molecule has 0 saturated carbocycles. The molecule has 1 aliphatic heterocycles. The van der Waals surface area contributed by atoms with Gasteiger partial charge >= 0.3 is 0 Å². The minimum Gasteiger partial charge on any atom is -0.507 e. The van der Waals surface area contributed by atoms with E-state index in [0.717, 1.165) is 13.1 Å². The number of hydrogen-bond donors (Lipinski definition) is 1. The van der Waals surface area contributed by atoms with E-state index in [1.54, 1.807) is 6.07 Å². The number of benzene rings is 1. The summed E-state index contributed by atoms with van der Waals surface area (Å²) >= 11 is 6.03. The number of hydrogen-bond acceptors (Lipinski definition) is 4. The summed E-state index contributed by atoms with van der Waals surface area (Å²) in [7, 11) is 0. The maximum absolute atomic E-state index is 11.5. The van der Waals surface area contributed by atoms with Crippen LogP contribution in [0.5, 0.6) is 5.75 Å². The molecule has 1 fully saturated rings. The van der Waals surface area contributed by atoms with Crippen molar-refractivity contribution in [2.24, 2.45) is 0 Å². The first kappa shape index (κ1) is 15.3. The molecular weight excluding hydrogens is 278 g/mol. The average molecular weight is 298 g/mol. The summed E-state index contributed by atoms with van der Waals surface area (Å²) in [6.07, 6.45) is 0. The largest absolute Gasteiger partial charge is 0.507 e. The summed E-state index contributed by atoms with van der Waals surface area (Å²) in [6.45, 7) is 8.29. The molecule has 5 heteroatoms. The zero-order chi connectivity index (χ0) is 14.9. The van der Waals surface area contributed by atoms with Crippen molar-refractivity contribution >= 4 is 17.4 Å². The van der Waals surface area contributed by atoms with Crippen molar-refractivity contribution in [2.45, 2.75) is 32.9 Å². The lowest BCUT2D eigenvalue weighted by Gasteiger charge is -2.38. The number of ketones is 1. The lowest BCUT2D eigenvalue weighted by atomic mass is 10.0. The molecule has 1 aromatic carbocycles. The van der Waals surface area contributed by atoms with Crippen molar-refractivity contribution in [1.82, 2.24) is 4.90 Å². The van der Waals surface area contributed by atoms with E-state index in [1.807, 2.05) is 13.8 Å². The van der Waals surface area contributed by atoms with Crippen molar-refractivity contribution in [1.29, 1.82) is 0 Å². The Morgan fingerprint density at radius 3 is 2.80 bits per heavy atom. The third-order valence-electron chi connectivity index (χ3n) is 3.43. The Bertz CT molecular complexity index is 528. The van der Waals surface area contributed by atoms with Crippen LogP contribution >= 0.6 is 11.6 Å². The smallest absolute Gasteiger partial charge is 0.163 e. The molecule has 1 saturated heterocycles. The zero-order valence-electron chi connectivity index (χ0n) is 12.1. The van der Waals surface area contributed by atoms with Crippen molar-refractivity contribution in [3.63, 3.8) is 0 Å². The quantitative estimate of drug-likeness (QED) is 0.872. The fourth-order valence-corrected chi connectivity index (χ4v) is 2.78. The molecule has 1 N–H and O–H groups in total. The highest BCUT2D eigenvalue weighted by Crippen LogP contribution is 2.29. The number of aromatic hydroxyl groups is 1. The van der Waals surface area contributed by atoms with Gasteiger partial charge in [0, 0.05) is 30.2 Å². The van der Waals surface area contributed by atoms with Crippen LogP contribution in [0.15, 0.2) is 12.1 Å². The van der Waals surface area contributed by atoms with Crippen LogP contribution in [0.25, 0.3) is 0 Å². The molecule has 0 aromatic heterocycles. The van der Waals surface area contributed by atoms with Gasteiger partial charge in [-0.15, -0.1) is 0 Å². The summed E-state index contributed by atoms with van der Waals surface area (Å²) in [5.41, 5.74) is 0.760. The Hall–Kier alpha value is -1.10. The van der Waals surface area contributed by atoms with Gasteiger partial charge in [-0.3, -0.25) is 9.69 Å². The number of Topliss-reactive ketones (excluding diaryl/α,β-unsaturated/α-hetero) is 1. The number of rotatable bonds is 3. The Morgan fingerprint density at radius 2 is 2.20 bits per heavy atom. The standard InChI is InChI=1S/C15H20ClNO3/c1-10(18)13-7-12(16)6-11(14(13)19)8-17-4-5-20-15(2,3)9-17/h6-7,19H,4-5,8-9H2,1-3H3. The van der Waals surface area contributed by atoms with Crippen molar-refractivity contribution in [3.05, 3.63) is 28.3 Å². The van der Waals surface area contributed by atoms with E-state index in [1.165, 1.54) is 13.0 Å². The monoisotopic (exact) mass is 297 g/mol. The predicted molar refractivity (Wildman–Crippen MR) is 78.4 cm³/mol. The first-order chi connectivity index (χ1) is 9.28. The molecule has 1 heterocycles. The van der Waals surface area contributed by atoms with Crippen LogP contribution in [0.4, 0.5) is 0 Å². The van der Waals surface area contributed by atoms with Gasteiger partial charge in [0.15, 0.2) is 5.78 Å². The first-order valence-corrected chi connectivity index (χ1v) is 7.05. The maximum Gasteiger partial charge on any atom is 0.163 e. The van der Waals surface area contributed by atoms with Crippen molar-refractivity contribution in [2.75, 3.05) is 19.7 Å². The molecule has 1 aliphatic rings. The molecule has 0 unspecified atom stereocenters. The molecule has 0 radical (unpaired) electrons. The highest BCUT2D eigenvalue weighted by Gasteiger charge is 2.27. The lowest BCUT2D eigenvalue weighted by Crippen LogP contribution is -2.47. The van der Waals surface area contributed by atoms with Crippen LogP contribution in [-0.4, -0.2) is 41.1 Å². The van der Waals surface area contributed by atoms with Gasteiger partial charge in [-0.1, -0.05) is 11.6 Å². The number of halogens is 1. The van der Waals surface area contributed by atoms with E-state index >= 15 is 0 Å². The summed E-state index contributed by atoms with van der Waals surface area (Å²) < 4.78 is 5.66. The van der Waals surface area contributed by atoms with Gasteiger partial charge in [0.1, 0.15) is 5.75 Å². The molecule has 2 rings (SSSR count). The molecule has 0 aliphatic carbocycles. The number of morpholine rings is 1. The van der Waals surface area contributed by atoms with Crippen LogP contribution in [0, 0.1) is 0 Å². The molecule has 1 aromatic rings. The van der Waals surface area contributed by atoms with Crippen LogP contribution in [0.2, 0.25) is 5.02 Å². The Balaban J connectivity index is 2.23. The van der Waals surface area contributed by atoms with Gasteiger partial charge in [0.2, 0.25) is 0 Å². The van der Waals surface area contributed by atoms with Gasteiger partial charge in [0.05, 0.1) is 17.8 Å². The van der Waals surface area contributed by atoms with Gasteiger partial charge in [0.25, 0.3) is 0 Å². The zero-order valence-corrected chi connectivity index (χ0v) is 12.8. The van der Waals surface area contributed by atoms with E-state index in [9.17, 15) is 9.90 Å². The van der Waals surface area contributed by atoms with Crippen molar-refractivity contribution < 1.29 is 14.6 Å². The molecule has 4 nitrogen and oxygen atoms in total. The molecule has 0 atom stereocenters. The van der Waals surface area contributed by atoms with Gasteiger partial charge in [-0.05, 0) is 32.9 Å². The highest BCUT2D eigenvalue weighted by atomic mass is 35.5. The topological polar surface area (TPSA) is 49.8 Å². The lowest BCUT2D eigenvalue weighted by molar-refractivity contribution is -0.0883. The van der Waals surface area contributed by atoms with Gasteiger partial charge < -0.3 is 9.84 Å². The summed E-state index contributed by atoms with van der Waals surface area (Å²) in [5.74, 6) is -0.153. The Labute approximate surface area is 124 Å². The number of nitrogens with zero attached hydrogens (tertiary/aromatic N) is 1. The molecular formula is C15H20ClNO3. The van der Waals surface area contributed by atoms with Gasteiger partial charge in [-0.2, -0.15) is 0 Å². The maximum atomic E-state index is 11.5. The minimum absolute atomic E-state index is 0.0335. The molecule has 0 bridgehead atoms. The first-order valence-electron chi connectivity index (χ1n) is 6.67. The second-order valence-corrected chi connectivity index (χ2v) is 6.27. The SMILES string of the molecule is CC(=O)c1cc(Cl)cc(CN2CCOC(C)(C)C2)c1O. The second-order valence-electron chi connectivity index (χ2n) is 5.84. The number of ether oxygens (including phenoxy) is 1. The third-order valence-corrected chi connectivity index (χ3v) is 3.65. The number of phenolic OH excluding ortho intramolecular Hbond substituents is 1. The summed E-state index contributed by atoms with van der Waals surface area (Å²) in [4.78, 5) is 13.7. The highest BCUT2D eigenvalue weighted by molar-refractivity contribution is 6.31. The van der Waals surface area contributed by atoms with E-state index in [4.69, 9.17) is 16.3 Å². The minimum atomic E-state index is -0.199. The normalized spacial score (nSPS) is 19.0. The van der Waals surface area contributed by atoms with E-state index in [0.29, 0.717) is 23.7 Å². The Morgan fingerprint density at radius 1 is 1.50 bits per heavy atom. The number of phenols is 1. The van der Waals surface area contributed by atoms with Gasteiger partial charge in [-0.25, -0.2) is 0 Å². The fourth-order valence-electron chi connectivity index (χ4n) is 2.53. The molecule has 110 valence electrons. The van der Waals surface area contributed by atoms with E-state index in [2.05, 4.69) is 4.90 Å².